The first-order valence-electron chi connectivity index (χ1n) is 6.01. The third-order valence-corrected chi connectivity index (χ3v) is 2.94. The van der Waals surface area contributed by atoms with Gasteiger partial charge in [-0.2, -0.15) is 0 Å². The van der Waals surface area contributed by atoms with Crippen LogP contribution in [0.3, 0.4) is 0 Å². The minimum absolute atomic E-state index is 0.147. The van der Waals surface area contributed by atoms with Crippen LogP contribution in [0.15, 0.2) is 18.2 Å². The van der Waals surface area contributed by atoms with E-state index < -0.39 is 0 Å². The van der Waals surface area contributed by atoms with Crippen molar-refractivity contribution in [2.75, 3.05) is 21.3 Å². The van der Waals surface area contributed by atoms with E-state index in [4.69, 9.17) is 9.47 Å². The van der Waals surface area contributed by atoms with Gasteiger partial charge in [0.2, 0.25) is 0 Å². The Balaban J connectivity index is 2.88. The van der Waals surface area contributed by atoms with Crippen molar-refractivity contribution in [1.29, 1.82) is 0 Å². The molecule has 1 aromatic rings. The number of Topliss-reactive ketones (excluding diaryl/α,β-unsaturated/α-hetero) is 1. The lowest BCUT2D eigenvalue weighted by atomic mass is 10.0. The minimum Gasteiger partial charge on any atom is -0.493 e. The summed E-state index contributed by atoms with van der Waals surface area (Å²) in [6.07, 6.45) is 1.35. The fourth-order valence-corrected chi connectivity index (χ4v) is 1.89. The van der Waals surface area contributed by atoms with Gasteiger partial charge in [0.15, 0.2) is 11.5 Å². The predicted molar refractivity (Wildman–Crippen MR) is 71.3 cm³/mol. The maximum absolute atomic E-state index is 11.0. The number of benzene rings is 1. The van der Waals surface area contributed by atoms with Crippen molar-refractivity contribution in [2.45, 2.75) is 25.8 Å². The SMILES string of the molecule is CNC(CCC(C)=O)c1ccc(OC)c(OC)c1. The Bertz CT molecular complexity index is 404. The molecule has 1 atom stereocenters. The van der Waals surface area contributed by atoms with Crippen LogP contribution in [0.2, 0.25) is 0 Å². The minimum atomic E-state index is 0.147. The number of carbonyl (C=O) groups excluding carboxylic acids is 1. The Hall–Kier alpha value is -1.55. The van der Waals surface area contributed by atoms with Gasteiger partial charge < -0.3 is 19.6 Å². The molecule has 0 aromatic heterocycles. The van der Waals surface area contributed by atoms with Crippen molar-refractivity contribution in [3.05, 3.63) is 23.8 Å². The fraction of sp³-hybridized carbons (Fsp3) is 0.500. The number of ketones is 1. The molecule has 1 rings (SSSR count). The third-order valence-electron chi connectivity index (χ3n) is 2.94. The molecule has 0 aliphatic rings. The van der Waals surface area contributed by atoms with Gasteiger partial charge in [0.1, 0.15) is 5.78 Å². The summed E-state index contributed by atoms with van der Waals surface area (Å²) in [5.41, 5.74) is 1.09. The van der Waals surface area contributed by atoms with E-state index >= 15 is 0 Å². The van der Waals surface area contributed by atoms with Crippen molar-refractivity contribution in [1.82, 2.24) is 5.32 Å². The van der Waals surface area contributed by atoms with Crippen LogP contribution in [-0.4, -0.2) is 27.1 Å². The molecule has 100 valence electrons. The summed E-state index contributed by atoms with van der Waals surface area (Å²) in [5, 5.41) is 3.21. The second kappa shape index (κ2) is 7.01. The molecule has 0 radical (unpaired) electrons. The van der Waals surface area contributed by atoms with Crippen molar-refractivity contribution >= 4 is 5.78 Å². The molecule has 0 aliphatic carbocycles. The summed E-state index contributed by atoms with van der Waals surface area (Å²) in [4.78, 5) is 11.0. The number of hydrogen-bond donors (Lipinski definition) is 1. The van der Waals surface area contributed by atoms with Crippen LogP contribution in [0, 0.1) is 0 Å². The summed E-state index contributed by atoms with van der Waals surface area (Å²) in [5.74, 6) is 1.62. The van der Waals surface area contributed by atoms with E-state index in [2.05, 4.69) is 5.32 Å². The first-order valence-corrected chi connectivity index (χ1v) is 6.01. The zero-order chi connectivity index (χ0) is 13.5. The maximum Gasteiger partial charge on any atom is 0.161 e. The molecule has 0 aliphatic heterocycles. The van der Waals surface area contributed by atoms with E-state index in [1.807, 2.05) is 25.2 Å². The Morgan fingerprint density at radius 3 is 2.44 bits per heavy atom. The first kappa shape index (κ1) is 14.5. The highest BCUT2D eigenvalue weighted by Crippen LogP contribution is 2.31. The smallest absolute Gasteiger partial charge is 0.161 e. The number of hydrogen-bond acceptors (Lipinski definition) is 4. The van der Waals surface area contributed by atoms with E-state index in [-0.39, 0.29) is 11.8 Å². The highest BCUT2D eigenvalue weighted by molar-refractivity contribution is 5.75. The van der Waals surface area contributed by atoms with E-state index in [1.54, 1.807) is 21.1 Å². The molecule has 0 saturated carbocycles. The highest BCUT2D eigenvalue weighted by Gasteiger charge is 2.13. The van der Waals surface area contributed by atoms with Gasteiger partial charge in [0.05, 0.1) is 14.2 Å². The average Bonchev–Trinajstić information content (AvgIpc) is 2.38. The van der Waals surface area contributed by atoms with E-state index in [0.717, 1.165) is 12.0 Å². The number of carbonyl (C=O) groups is 1. The fourth-order valence-electron chi connectivity index (χ4n) is 1.89. The lowest BCUT2D eigenvalue weighted by Gasteiger charge is -2.17. The summed E-state index contributed by atoms with van der Waals surface area (Å²) in [6, 6.07) is 5.96. The van der Waals surface area contributed by atoms with E-state index in [0.29, 0.717) is 17.9 Å². The maximum atomic E-state index is 11.0. The average molecular weight is 251 g/mol. The van der Waals surface area contributed by atoms with Crippen LogP contribution >= 0.6 is 0 Å². The highest BCUT2D eigenvalue weighted by atomic mass is 16.5. The molecule has 0 bridgehead atoms. The van der Waals surface area contributed by atoms with Gasteiger partial charge in [0, 0.05) is 12.5 Å². The Labute approximate surface area is 108 Å². The lowest BCUT2D eigenvalue weighted by molar-refractivity contribution is -0.117. The Kier molecular flexibility index (Phi) is 5.65. The summed E-state index contributed by atoms with van der Waals surface area (Å²) < 4.78 is 10.5. The van der Waals surface area contributed by atoms with Crippen molar-refractivity contribution < 1.29 is 14.3 Å². The van der Waals surface area contributed by atoms with E-state index in [1.165, 1.54) is 0 Å². The van der Waals surface area contributed by atoms with Crippen LogP contribution in [0.25, 0.3) is 0 Å². The number of rotatable bonds is 7. The first-order chi connectivity index (χ1) is 8.62. The molecule has 0 spiro atoms. The summed E-state index contributed by atoms with van der Waals surface area (Å²) in [7, 11) is 5.12. The largest absolute Gasteiger partial charge is 0.493 e. The van der Waals surface area contributed by atoms with Crippen molar-refractivity contribution in [2.24, 2.45) is 0 Å². The molecule has 0 amide bonds. The van der Waals surface area contributed by atoms with Gasteiger partial charge in [-0.25, -0.2) is 0 Å². The molecule has 0 saturated heterocycles. The zero-order valence-corrected chi connectivity index (χ0v) is 11.4. The molecule has 4 nitrogen and oxygen atoms in total. The van der Waals surface area contributed by atoms with Crippen LogP contribution in [0.5, 0.6) is 11.5 Å². The molecule has 1 unspecified atom stereocenters. The second-order valence-electron chi connectivity index (χ2n) is 4.20. The zero-order valence-electron chi connectivity index (χ0n) is 11.4. The summed E-state index contributed by atoms with van der Waals surface area (Å²) >= 11 is 0. The predicted octanol–water partition coefficient (Wildman–Crippen LogP) is 2.33. The third kappa shape index (κ3) is 3.74. The van der Waals surface area contributed by atoms with Gasteiger partial charge in [-0.3, -0.25) is 0 Å². The quantitative estimate of drug-likeness (QED) is 0.808. The molecule has 4 heteroatoms. The van der Waals surface area contributed by atoms with Crippen molar-refractivity contribution in [3.8, 4) is 11.5 Å². The van der Waals surface area contributed by atoms with Gasteiger partial charge in [-0.05, 0) is 38.1 Å². The van der Waals surface area contributed by atoms with E-state index in [9.17, 15) is 4.79 Å². The van der Waals surface area contributed by atoms with Crippen molar-refractivity contribution in [3.63, 3.8) is 0 Å². The second-order valence-corrected chi connectivity index (χ2v) is 4.20. The number of ether oxygens (including phenoxy) is 2. The normalized spacial score (nSPS) is 12.0. The Morgan fingerprint density at radius 1 is 1.28 bits per heavy atom. The van der Waals surface area contributed by atoms with Gasteiger partial charge in [0.25, 0.3) is 0 Å². The lowest BCUT2D eigenvalue weighted by Crippen LogP contribution is -2.17. The van der Waals surface area contributed by atoms with Crippen LogP contribution in [0.1, 0.15) is 31.4 Å². The molecular formula is C14H21NO3. The topological polar surface area (TPSA) is 47.6 Å². The monoisotopic (exact) mass is 251 g/mol. The number of methoxy groups -OCH3 is 2. The van der Waals surface area contributed by atoms with Crippen LogP contribution in [0.4, 0.5) is 0 Å². The molecular weight excluding hydrogens is 230 g/mol. The molecule has 18 heavy (non-hydrogen) atoms. The van der Waals surface area contributed by atoms with Gasteiger partial charge >= 0.3 is 0 Å². The van der Waals surface area contributed by atoms with Gasteiger partial charge in [-0.1, -0.05) is 6.07 Å². The molecule has 0 heterocycles. The molecule has 1 N–H and O–H groups in total. The molecule has 0 fully saturated rings. The van der Waals surface area contributed by atoms with Gasteiger partial charge in [-0.15, -0.1) is 0 Å². The number of nitrogens with one attached hydrogen (secondary N) is 1. The summed E-state index contributed by atoms with van der Waals surface area (Å²) in [6.45, 7) is 1.61. The van der Waals surface area contributed by atoms with Crippen LogP contribution in [-0.2, 0) is 4.79 Å². The Morgan fingerprint density at radius 2 is 1.94 bits per heavy atom. The standard InChI is InChI=1S/C14H21NO3/c1-10(16)5-7-12(15-2)11-6-8-13(17-3)14(9-11)18-4/h6,8-9,12,15H,5,7H2,1-4H3. The van der Waals surface area contributed by atoms with Crippen LogP contribution < -0.4 is 14.8 Å². The molecule has 1 aromatic carbocycles.